The standard InChI is InChI=1S/C19H39N5O4/c1-6-20-16(21-8-7-9-22-17(25)28-18(2,3)4)23-14-19(5,26)15-24-10-12-27-13-11-24/h26H,6-15H2,1-5H3,(H,22,25)(H2,20,21,23). The SMILES string of the molecule is CCNC(=NCC(C)(O)CN1CCOCC1)NCCCNC(=O)OC(C)(C)C. The third-order valence-corrected chi connectivity index (χ3v) is 3.90. The van der Waals surface area contributed by atoms with Crippen LogP contribution in [0.4, 0.5) is 4.79 Å². The number of β-amino-alcohol motifs (C(OH)–C–C–N with tert-alkyl or cyclic N) is 1. The predicted octanol–water partition coefficient (Wildman–Crippen LogP) is 0.540. The second-order valence-corrected chi connectivity index (χ2v) is 8.29. The van der Waals surface area contributed by atoms with Gasteiger partial charge in [-0.25, -0.2) is 4.79 Å². The van der Waals surface area contributed by atoms with Crippen molar-refractivity contribution in [2.45, 2.75) is 52.2 Å². The third-order valence-electron chi connectivity index (χ3n) is 3.90. The Morgan fingerprint density at radius 2 is 1.79 bits per heavy atom. The fourth-order valence-corrected chi connectivity index (χ4v) is 2.68. The van der Waals surface area contributed by atoms with E-state index in [0.717, 1.165) is 26.1 Å². The summed E-state index contributed by atoms with van der Waals surface area (Å²) in [5, 5.41) is 19.8. The molecule has 1 unspecified atom stereocenters. The first-order valence-corrected chi connectivity index (χ1v) is 10.1. The van der Waals surface area contributed by atoms with Crippen molar-refractivity contribution in [2.75, 3.05) is 59.0 Å². The Hall–Kier alpha value is -1.58. The molecule has 1 heterocycles. The Balaban J connectivity index is 2.33. The highest BCUT2D eigenvalue weighted by Gasteiger charge is 2.25. The van der Waals surface area contributed by atoms with Crippen molar-refractivity contribution in [2.24, 2.45) is 4.99 Å². The first-order chi connectivity index (χ1) is 13.1. The molecule has 0 radical (unpaired) electrons. The zero-order chi connectivity index (χ0) is 21.0. The molecule has 1 saturated heterocycles. The van der Waals surface area contributed by atoms with E-state index in [1.54, 1.807) is 6.92 Å². The number of alkyl carbamates (subject to hydrolysis) is 1. The molecule has 28 heavy (non-hydrogen) atoms. The fraction of sp³-hybridized carbons (Fsp3) is 0.895. The first-order valence-electron chi connectivity index (χ1n) is 10.1. The van der Waals surface area contributed by atoms with E-state index in [1.807, 2.05) is 27.7 Å². The maximum Gasteiger partial charge on any atom is 0.407 e. The van der Waals surface area contributed by atoms with Crippen LogP contribution in [-0.4, -0.2) is 92.3 Å². The Morgan fingerprint density at radius 1 is 1.14 bits per heavy atom. The molecule has 1 aliphatic heterocycles. The minimum atomic E-state index is -0.905. The van der Waals surface area contributed by atoms with Gasteiger partial charge in [-0.1, -0.05) is 0 Å². The highest BCUT2D eigenvalue weighted by atomic mass is 16.6. The summed E-state index contributed by atoms with van der Waals surface area (Å²) < 4.78 is 10.5. The van der Waals surface area contributed by atoms with Gasteiger partial charge in [-0.3, -0.25) is 9.89 Å². The van der Waals surface area contributed by atoms with E-state index in [-0.39, 0.29) is 0 Å². The number of amides is 1. The molecule has 9 nitrogen and oxygen atoms in total. The molecule has 0 bridgehead atoms. The summed E-state index contributed by atoms with van der Waals surface area (Å²) >= 11 is 0. The lowest BCUT2D eigenvalue weighted by Crippen LogP contribution is -2.48. The van der Waals surface area contributed by atoms with Crippen molar-refractivity contribution in [3.05, 3.63) is 0 Å². The van der Waals surface area contributed by atoms with Gasteiger partial charge in [0.1, 0.15) is 5.60 Å². The molecule has 0 aromatic heterocycles. The summed E-state index contributed by atoms with van der Waals surface area (Å²) in [6.07, 6.45) is 0.320. The monoisotopic (exact) mass is 401 g/mol. The first kappa shape index (κ1) is 24.5. The summed E-state index contributed by atoms with van der Waals surface area (Å²) in [6, 6.07) is 0. The number of carbonyl (C=O) groups excluding carboxylic acids is 1. The summed E-state index contributed by atoms with van der Waals surface area (Å²) in [5.41, 5.74) is -1.40. The van der Waals surface area contributed by atoms with Gasteiger partial charge in [0.2, 0.25) is 0 Å². The number of hydrogen-bond acceptors (Lipinski definition) is 6. The number of carbonyl (C=O) groups is 1. The van der Waals surface area contributed by atoms with E-state index in [9.17, 15) is 9.90 Å². The zero-order valence-electron chi connectivity index (χ0n) is 18.1. The second-order valence-electron chi connectivity index (χ2n) is 8.29. The molecule has 1 amide bonds. The molecule has 0 aromatic rings. The van der Waals surface area contributed by atoms with Crippen molar-refractivity contribution >= 4 is 12.1 Å². The van der Waals surface area contributed by atoms with E-state index in [4.69, 9.17) is 9.47 Å². The van der Waals surface area contributed by atoms with Crippen LogP contribution in [0.1, 0.15) is 41.0 Å². The lowest BCUT2D eigenvalue weighted by atomic mass is 10.1. The number of rotatable bonds is 9. The molecule has 4 N–H and O–H groups in total. The lowest BCUT2D eigenvalue weighted by molar-refractivity contribution is -0.0180. The predicted molar refractivity (Wildman–Crippen MR) is 111 cm³/mol. The number of nitrogens with one attached hydrogen (secondary N) is 3. The number of nitrogens with zero attached hydrogens (tertiary/aromatic N) is 2. The zero-order valence-corrected chi connectivity index (χ0v) is 18.1. The topological polar surface area (TPSA) is 107 Å². The Labute approximate surface area is 169 Å². The molecular formula is C19H39N5O4. The van der Waals surface area contributed by atoms with E-state index < -0.39 is 17.3 Å². The largest absolute Gasteiger partial charge is 0.444 e. The number of aliphatic imine (C=N–C) groups is 1. The highest BCUT2D eigenvalue weighted by Crippen LogP contribution is 2.09. The highest BCUT2D eigenvalue weighted by molar-refractivity contribution is 5.79. The summed E-state index contributed by atoms with van der Waals surface area (Å²) in [5.74, 6) is 0.655. The number of guanidine groups is 1. The van der Waals surface area contributed by atoms with Gasteiger partial charge in [-0.15, -0.1) is 0 Å². The molecule has 0 aliphatic carbocycles. The Kier molecular flexibility index (Phi) is 10.6. The molecule has 164 valence electrons. The minimum absolute atomic E-state index is 0.301. The molecule has 1 aliphatic rings. The average molecular weight is 402 g/mol. The lowest BCUT2D eigenvalue weighted by Gasteiger charge is -2.33. The van der Waals surface area contributed by atoms with Crippen molar-refractivity contribution < 1.29 is 19.4 Å². The van der Waals surface area contributed by atoms with Crippen LogP contribution in [-0.2, 0) is 9.47 Å². The van der Waals surface area contributed by atoms with Crippen LogP contribution >= 0.6 is 0 Å². The van der Waals surface area contributed by atoms with Gasteiger partial charge >= 0.3 is 6.09 Å². The van der Waals surface area contributed by atoms with Crippen molar-refractivity contribution in [3.8, 4) is 0 Å². The maximum absolute atomic E-state index is 11.6. The van der Waals surface area contributed by atoms with Crippen LogP contribution in [0.2, 0.25) is 0 Å². The summed E-state index contributed by atoms with van der Waals surface area (Å²) in [4.78, 5) is 18.3. The maximum atomic E-state index is 11.6. The quantitative estimate of drug-likeness (QED) is 0.254. The van der Waals surface area contributed by atoms with Gasteiger partial charge < -0.3 is 30.5 Å². The van der Waals surface area contributed by atoms with Gasteiger partial charge in [0.05, 0.1) is 25.4 Å². The van der Waals surface area contributed by atoms with E-state index in [1.165, 1.54) is 0 Å². The average Bonchev–Trinajstić information content (AvgIpc) is 2.58. The van der Waals surface area contributed by atoms with Gasteiger partial charge in [0, 0.05) is 39.3 Å². The summed E-state index contributed by atoms with van der Waals surface area (Å²) in [6.45, 7) is 15.1. The molecular weight excluding hydrogens is 362 g/mol. The molecule has 0 saturated carbocycles. The number of morpholine rings is 1. The summed E-state index contributed by atoms with van der Waals surface area (Å²) in [7, 11) is 0. The molecule has 1 rings (SSSR count). The van der Waals surface area contributed by atoms with Crippen LogP contribution in [0.3, 0.4) is 0 Å². The molecule has 0 aromatic carbocycles. The van der Waals surface area contributed by atoms with Crippen molar-refractivity contribution in [1.82, 2.24) is 20.9 Å². The van der Waals surface area contributed by atoms with Crippen LogP contribution in [0.5, 0.6) is 0 Å². The van der Waals surface area contributed by atoms with Crippen LogP contribution < -0.4 is 16.0 Å². The molecule has 1 fully saturated rings. The van der Waals surface area contributed by atoms with Gasteiger partial charge in [0.15, 0.2) is 5.96 Å². The van der Waals surface area contributed by atoms with Gasteiger partial charge in [-0.2, -0.15) is 0 Å². The van der Waals surface area contributed by atoms with E-state index >= 15 is 0 Å². The van der Waals surface area contributed by atoms with Gasteiger partial charge in [0.25, 0.3) is 0 Å². The van der Waals surface area contributed by atoms with Crippen LogP contribution in [0, 0.1) is 0 Å². The molecule has 0 spiro atoms. The van der Waals surface area contributed by atoms with E-state index in [2.05, 4.69) is 25.8 Å². The van der Waals surface area contributed by atoms with E-state index in [0.29, 0.717) is 45.4 Å². The smallest absolute Gasteiger partial charge is 0.407 e. The third kappa shape index (κ3) is 12.0. The number of hydrogen-bond donors (Lipinski definition) is 4. The Morgan fingerprint density at radius 3 is 2.39 bits per heavy atom. The fourth-order valence-electron chi connectivity index (χ4n) is 2.68. The molecule has 9 heteroatoms. The van der Waals surface area contributed by atoms with Gasteiger partial charge in [-0.05, 0) is 41.0 Å². The van der Waals surface area contributed by atoms with Crippen LogP contribution in [0.15, 0.2) is 4.99 Å². The number of aliphatic hydroxyl groups is 1. The molecule has 1 atom stereocenters. The van der Waals surface area contributed by atoms with Crippen molar-refractivity contribution in [3.63, 3.8) is 0 Å². The second kappa shape index (κ2) is 12.1. The normalized spacial score (nSPS) is 18.3. The minimum Gasteiger partial charge on any atom is -0.444 e. The Bertz CT molecular complexity index is 485. The number of ether oxygens (including phenoxy) is 2. The van der Waals surface area contributed by atoms with Crippen molar-refractivity contribution in [1.29, 1.82) is 0 Å². The van der Waals surface area contributed by atoms with Crippen LogP contribution in [0.25, 0.3) is 0 Å².